The number of nitrogens with one attached hydrogen (secondary N) is 1. The van der Waals surface area contributed by atoms with E-state index in [4.69, 9.17) is 0 Å². The lowest BCUT2D eigenvalue weighted by molar-refractivity contribution is 0.586. The highest BCUT2D eigenvalue weighted by atomic mass is 15.3. The van der Waals surface area contributed by atoms with Gasteiger partial charge in [0.05, 0.1) is 11.9 Å². The Kier molecular flexibility index (Phi) is 4.61. The predicted octanol–water partition coefficient (Wildman–Crippen LogP) is 3.55. The average molecular weight is 271 g/mol. The smallest absolute Gasteiger partial charge is 0.0680 e. The number of benzene rings is 1. The Morgan fingerprint density at radius 1 is 1.25 bits per heavy atom. The first-order valence-electron chi connectivity index (χ1n) is 7.39. The molecule has 0 aliphatic carbocycles. The summed E-state index contributed by atoms with van der Waals surface area (Å²) in [5.74, 6) is 0. The van der Waals surface area contributed by atoms with E-state index in [-0.39, 0.29) is 0 Å². The van der Waals surface area contributed by atoms with Crippen molar-refractivity contribution in [1.82, 2.24) is 15.1 Å². The molecule has 0 atom stereocenters. The summed E-state index contributed by atoms with van der Waals surface area (Å²) in [7, 11) is 0. The third kappa shape index (κ3) is 3.10. The molecule has 20 heavy (non-hydrogen) atoms. The number of nitrogens with zero attached hydrogens (tertiary/aromatic N) is 2. The molecule has 1 heterocycles. The maximum atomic E-state index is 4.61. The normalized spacial score (nSPS) is 11.3. The summed E-state index contributed by atoms with van der Waals surface area (Å²) < 4.78 is 2.10. The quantitative estimate of drug-likeness (QED) is 0.901. The van der Waals surface area contributed by atoms with Crippen LogP contribution in [-0.2, 0) is 13.0 Å². The highest BCUT2D eigenvalue weighted by Crippen LogP contribution is 2.20. The van der Waals surface area contributed by atoms with Crippen molar-refractivity contribution in [2.75, 3.05) is 0 Å². The Labute approximate surface area is 122 Å². The van der Waals surface area contributed by atoms with Crippen molar-refractivity contribution in [3.05, 3.63) is 46.8 Å². The van der Waals surface area contributed by atoms with Crippen LogP contribution in [-0.4, -0.2) is 15.8 Å². The molecular weight excluding hydrogens is 246 g/mol. The maximum absolute atomic E-state index is 4.61. The molecule has 0 unspecified atom stereocenters. The Hall–Kier alpha value is -1.61. The molecule has 1 aromatic carbocycles. The first-order valence-corrected chi connectivity index (χ1v) is 7.39. The summed E-state index contributed by atoms with van der Waals surface area (Å²) in [6.45, 7) is 11.7. The molecule has 2 aromatic rings. The van der Waals surface area contributed by atoms with Crippen molar-refractivity contribution in [2.24, 2.45) is 0 Å². The van der Waals surface area contributed by atoms with Crippen LogP contribution in [0, 0.1) is 13.8 Å². The number of aromatic nitrogens is 2. The van der Waals surface area contributed by atoms with Crippen molar-refractivity contribution in [2.45, 2.75) is 53.6 Å². The lowest BCUT2D eigenvalue weighted by atomic mass is 10.1. The molecule has 1 aromatic heterocycles. The summed E-state index contributed by atoms with van der Waals surface area (Å²) in [6.07, 6.45) is 2.98. The number of hydrogen-bond acceptors (Lipinski definition) is 2. The molecule has 0 fully saturated rings. The number of rotatable bonds is 5. The molecule has 0 spiro atoms. The fourth-order valence-corrected chi connectivity index (χ4v) is 2.40. The Morgan fingerprint density at radius 2 is 2.00 bits per heavy atom. The van der Waals surface area contributed by atoms with Gasteiger partial charge in [-0.3, -0.25) is 0 Å². The van der Waals surface area contributed by atoms with Gasteiger partial charge >= 0.3 is 0 Å². The van der Waals surface area contributed by atoms with Gasteiger partial charge in [-0.25, -0.2) is 4.68 Å². The van der Waals surface area contributed by atoms with Gasteiger partial charge in [-0.15, -0.1) is 0 Å². The minimum Gasteiger partial charge on any atom is -0.310 e. The molecule has 108 valence electrons. The van der Waals surface area contributed by atoms with Crippen molar-refractivity contribution in [3.8, 4) is 5.69 Å². The van der Waals surface area contributed by atoms with Gasteiger partial charge in [0.2, 0.25) is 0 Å². The second-order valence-electron chi connectivity index (χ2n) is 5.71. The van der Waals surface area contributed by atoms with Crippen LogP contribution in [0.5, 0.6) is 0 Å². The maximum Gasteiger partial charge on any atom is 0.0680 e. The monoisotopic (exact) mass is 271 g/mol. The first-order chi connectivity index (χ1) is 9.52. The Bertz CT molecular complexity index is 582. The van der Waals surface area contributed by atoms with E-state index in [9.17, 15) is 0 Å². The SMILES string of the molecule is CCc1c(CNC(C)C)cnn1-c1cc(C)ccc1C. The zero-order valence-electron chi connectivity index (χ0n) is 13.2. The van der Waals surface area contributed by atoms with E-state index in [2.05, 4.69) is 67.9 Å². The molecule has 0 radical (unpaired) electrons. The standard InChI is InChI=1S/C17H25N3/c1-6-16-15(10-18-12(2)3)11-19-20(16)17-9-13(4)7-8-14(17)5/h7-9,11-12,18H,6,10H2,1-5H3. The molecule has 1 N–H and O–H groups in total. The van der Waals surface area contributed by atoms with E-state index in [1.807, 2.05) is 6.20 Å². The molecule has 3 nitrogen and oxygen atoms in total. The summed E-state index contributed by atoms with van der Waals surface area (Å²) in [5, 5.41) is 8.09. The van der Waals surface area contributed by atoms with Crippen molar-refractivity contribution in [1.29, 1.82) is 0 Å². The van der Waals surface area contributed by atoms with E-state index in [1.54, 1.807) is 0 Å². The molecule has 0 amide bonds. The van der Waals surface area contributed by atoms with Crippen LogP contribution in [0.4, 0.5) is 0 Å². The van der Waals surface area contributed by atoms with Crippen LogP contribution < -0.4 is 5.32 Å². The van der Waals surface area contributed by atoms with Crippen LogP contribution in [0.3, 0.4) is 0 Å². The zero-order chi connectivity index (χ0) is 14.7. The lowest BCUT2D eigenvalue weighted by Crippen LogP contribution is -2.22. The minimum atomic E-state index is 0.490. The van der Waals surface area contributed by atoms with Gasteiger partial charge in [0.25, 0.3) is 0 Å². The fourth-order valence-electron chi connectivity index (χ4n) is 2.40. The fraction of sp³-hybridized carbons (Fsp3) is 0.471. The summed E-state index contributed by atoms with van der Waals surface area (Å²) >= 11 is 0. The van der Waals surface area contributed by atoms with E-state index in [1.165, 1.54) is 28.1 Å². The molecule has 0 aliphatic rings. The van der Waals surface area contributed by atoms with Gasteiger partial charge in [0.1, 0.15) is 0 Å². The number of hydrogen-bond donors (Lipinski definition) is 1. The topological polar surface area (TPSA) is 29.9 Å². The molecule has 0 saturated carbocycles. The van der Waals surface area contributed by atoms with Crippen LogP contribution in [0.15, 0.2) is 24.4 Å². The van der Waals surface area contributed by atoms with Crippen LogP contribution in [0.25, 0.3) is 5.69 Å². The minimum absolute atomic E-state index is 0.490. The van der Waals surface area contributed by atoms with Gasteiger partial charge in [0, 0.05) is 23.8 Å². The molecule has 0 bridgehead atoms. The van der Waals surface area contributed by atoms with E-state index < -0.39 is 0 Å². The second-order valence-corrected chi connectivity index (χ2v) is 5.71. The lowest BCUT2D eigenvalue weighted by Gasteiger charge is -2.12. The van der Waals surface area contributed by atoms with Gasteiger partial charge in [0.15, 0.2) is 0 Å². The molecule has 2 rings (SSSR count). The third-order valence-electron chi connectivity index (χ3n) is 3.58. The van der Waals surface area contributed by atoms with E-state index >= 15 is 0 Å². The largest absolute Gasteiger partial charge is 0.310 e. The van der Waals surface area contributed by atoms with Gasteiger partial charge in [-0.2, -0.15) is 5.10 Å². The summed E-state index contributed by atoms with van der Waals surface area (Å²) in [6, 6.07) is 7.01. The van der Waals surface area contributed by atoms with E-state index in [0.29, 0.717) is 6.04 Å². The van der Waals surface area contributed by atoms with Crippen LogP contribution >= 0.6 is 0 Å². The van der Waals surface area contributed by atoms with Gasteiger partial charge in [-0.05, 0) is 37.5 Å². The molecule has 0 aliphatic heterocycles. The van der Waals surface area contributed by atoms with Crippen molar-refractivity contribution < 1.29 is 0 Å². The third-order valence-corrected chi connectivity index (χ3v) is 3.58. The molecule has 3 heteroatoms. The highest BCUT2D eigenvalue weighted by Gasteiger charge is 2.12. The average Bonchev–Trinajstić information content (AvgIpc) is 2.81. The Balaban J connectivity index is 2.39. The van der Waals surface area contributed by atoms with Crippen LogP contribution in [0.2, 0.25) is 0 Å². The predicted molar refractivity (Wildman–Crippen MR) is 84.4 cm³/mol. The summed E-state index contributed by atoms with van der Waals surface area (Å²) in [5.41, 5.74) is 6.31. The van der Waals surface area contributed by atoms with Crippen LogP contribution in [0.1, 0.15) is 43.2 Å². The second kappa shape index (κ2) is 6.23. The zero-order valence-corrected chi connectivity index (χ0v) is 13.2. The highest BCUT2D eigenvalue weighted by molar-refractivity contribution is 5.44. The molecule has 0 saturated heterocycles. The van der Waals surface area contributed by atoms with Crippen molar-refractivity contribution in [3.63, 3.8) is 0 Å². The molecular formula is C17H25N3. The van der Waals surface area contributed by atoms with Crippen molar-refractivity contribution >= 4 is 0 Å². The summed E-state index contributed by atoms with van der Waals surface area (Å²) in [4.78, 5) is 0. The van der Waals surface area contributed by atoms with Gasteiger partial charge in [-0.1, -0.05) is 32.9 Å². The first kappa shape index (κ1) is 14.8. The number of aryl methyl sites for hydroxylation is 2. The van der Waals surface area contributed by atoms with Gasteiger partial charge < -0.3 is 5.32 Å². The Morgan fingerprint density at radius 3 is 2.65 bits per heavy atom. The van der Waals surface area contributed by atoms with E-state index in [0.717, 1.165) is 13.0 Å².